The molecule has 3 nitrogen and oxygen atoms in total. The first-order chi connectivity index (χ1) is 8.90. The predicted molar refractivity (Wildman–Crippen MR) is 70.9 cm³/mol. The van der Waals surface area contributed by atoms with Crippen LogP contribution in [0.1, 0.15) is 31.7 Å². The van der Waals surface area contributed by atoms with Gasteiger partial charge >= 0.3 is 0 Å². The van der Waals surface area contributed by atoms with Gasteiger partial charge < -0.3 is 14.2 Å². The molecule has 0 amide bonds. The zero-order valence-electron chi connectivity index (χ0n) is 10.9. The maximum Gasteiger partial charge on any atom is 0.231 e. The molecule has 1 aliphatic heterocycles. The zero-order valence-corrected chi connectivity index (χ0v) is 10.9. The minimum atomic E-state index is 0.329. The van der Waals surface area contributed by atoms with E-state index < -0.39 is 0 Å². The van der Waals surface area contributed by atoms with Gasteiger partial charge in [-0.25, -0.2) is 0 Å². The Morgan fingerprint density at radius 1 is 1.22 bits per heavy atom. The molecule has 0 aromatic heterocycles. The summed E-state index contributed by atoms with van der Waals surface area (Å²) in [7, 11) is 0. The first-order valence-corrected chi connectivity index (χ1v) is 6.55. The molecule has 1 aliphatic rings. The van der Waals surface area contributed by atoms with Crippen LogP contribution in [-0.4, -0.2) is 13.4 Å². The molecule has 0 radical (unpaired) electrons. The van der Waals surface area contributed by atoms with E-state index in [1.165, 1.54) is 18.4 Å². The second-order valence-corrected chi connectivity index (χ2v) is 4.34. The van der Waals surface area contributed by atoms with Crippen molar-refractivity contribution in [2.45, 2.75) is 32.6 Å². The fraction of sp³-hybridized carbons (Fsp3) is 0.467. The molecule has 2 rings (SSSR count). The lowest BCUT2D eigenvalue weighted by atomic mass is 10.1. The first kappa shape index (κ1) is 12.8. The van der Waals surface area contributed by atoms with Gasteiger partial charge in [0, 0.05) is 0 Å². The number of rotatable bonds is 7. The molecule has 0 bridgehead atoms. The fourth-order valence-corrected chi connectivity index (χ4v) is 1.82. The molecule has 1 heterocycles. The Morgan fingerprint density at radius 3 is 3.00 bits per heavy atom. The first-order valence-electron chi connectivity index (χ1n) is 6.55. The normalized spacial score (nSPS) is 13.2. The molecule has 18 heavy (non-hydrogen) atoms. The molecule has 0 aliphatic carbocycles. The highest BCUT2D eigenvalue weighted by atomic mass is 16.7. The van der Waals surface area contributed by atoms with Crippen molar-refractivity contribution < 1.29 is 14.2 Å². The van der Waals surface area contributed by atoms with E-state index in [2.05, 4.69) is 13.0 Å². The Bertz CT molecular complexity index is 399. The van der Waals surface area contributed by atoms with Gasteiger partial charge in [-0.15, -0.1) is 0 Å². The Hall–Kier alpha value is -1.64. The third-order valence-corrected chi connectivity index (χ3v) is 2.85. The molecular weight excluding hydrogens is 228 g/mol. The standard InChI is InChI=1S/C15H20O3/c1-2-3-4-9-16-10-5-6-13-7-8-14-15(11-13)18-12-17-14/h5,7-8,10-11H,2-4,6,9,12H2,1H3. The Balaban J connectivity index is 1.71. The lowest BCUT2D eigenvalue weighted by Gasteiger charge is -2.01. The van der Waals surface area contributed by atoms with Crippen molar-refractivity contribution in [3.05, 3.63) is 36.1 Å². The molecule has 3 heteroatoms. The third-order valence-electron chi connectivity index (χ3n) is 2.85. The fourth-order valence-electron chi connectivity index (χ4n) is 1.82. The highest BCUT2D eigenvalue weighted by Gasteiger charge is 2.12. The van der Waals surface area contributed by atoms with E-state index in [4.69, 9.17) is 14.2 Å². The smallest absolute Gasteiger partial charge is 0.231 e. The van der Waals surface area contributed by atoms with Crippen molar-refractivity contribution in [2.24, 2.45) is 0 Å². The van der Waals surface area contributed by atoms with Crippen molar-refractivity contribution in [3.63, 3.8) is 0 Å². The summed E-state index contributed by atoms with van der Waals surface area (Å²) < 4.78 is 16.0. The number of benzene rings is 1. The maximum atomic E-state index is 5.41. The van der Waals surface area contributed by atoms with Crippen LogP contribution in [0.4, 0.5) is 0 Å². The number of hydrogen-bond acceptors (Lipinski definition) is 3. The molecular formula is C15H20O3. The maximum absolute atomic E-state index is 5.41. The van der Waals surface area contributed by atoms with Crippen molar-refractivity contribution in [2.75, 3.05) is 13.4 Å². The van der Waals surface area contributed by atoms with Crippen LogP contribution in [0.5, 0.6) is 11.5 Å². The quantitative estimate of drug-likeness (QED) is 0.544. The Morgan fingerprint density at radius 2 is 2.11 bits per heavy atom. The van der Waals surface area contributed by atoms with Gasteiger partial charge in [0.1, 0.15) is 0 Å². The lowest BCUT2D eigenvalue weighted by molar-refractivity contribution is 0.174. The second-order valence-electron chi connectivity index (χ2n) is 4.34. The van der Waals surface area contributed by atoms with E-state index in [-0.39, 0.29) is 0 Å². The SMILES string of the molecule is CCCCCOC=CCc1ccc2c(c1)OCO2. The number of hydrogen-bond donors (Lipinski definition) is 0. The van der Waals surface area contributed by atoms with Crippen LogP contribution in [0.15, 0.2) is 30.5 Å². The van der Waals surface area contributed by atoms with Crippen LogP contribution < -0.4 is 9.47 Å². The monoisotopic (exact) mass is 248 g/mol. The van der Waals surface area contributed by atoms with Crippen molar-refractivity contribution in [3.8, 4) is 11.5 Å². The van der Waals surface area contributed by atoms with Gasteiger partial charge in [0.15, 0.2) is 11.5 Å². The van der Waals surface area contributed by atoms with Crippen molar-refractivity contribution >= 4 is 0 Å². The summed E-state index contributed by atoms with van der Waals surface area (Å²) in [6.45, 7) is 3.33. The van der Waals surface area contributed by atoms with Gasteiger partial charge in [-0.05, 0) is 36.6 Å². The topological polar surface area (TPSA) is 27.7 Å². The number of unbranched alkanes of at least 4 members (excludes halogenated alkanes) is 2. The van der Waals surface area contributed by atoms with Crippen LogP contribution >= 0.6 is 0 Å². The second kappa shape index (κ2) is 6.94. The van der Waals surface area contributed by atoms with E-state index in [1.54, 1.807) is 6.26 Å². The lowest BCUT2D eigenvalue weighted by Crippen LogP contribution is -1.92. The number of allylic oxidation sites excluding steroid dienone is 1. The molecule has 0 spiro atoms. The van der Waals surface area contributed by atoms with E-state index >= 15 is 0 Å². The summed E-state index contributed by atoms with van der Waals surface area (Å²) in [5.74, 6) is 1.67. The Kier molecular flexibility index (Phi) is 4.94. The summed E-state index contributed by atoms with van der Waals surface area (Å²) >= 11 is 0. The number of fused-ring (bicyclic) bond motifs is 1. The van der Waals surface area contributed by atoms with Gasteiger partial charge in [0.2, 0.25) is 6.79 Å². The van der Waals surface area contributed by atoms with Crippen molar-refractivity contribution in [1.82, 2.24) is 0 Å². The molecule has 0 saturated heterocycles. The summed E-state index contributed by atoms with van der Waals surface area (Å²) in [5.41, 5.74) is 1.20. The van der Waals surface area contributed by atoms with Crippen LogP contribution in [0.25, 0.3) is 0 Å². The molecule has 0 fully saturated rings. The minimum absolute atomic E-state index is 0.329. The summed E-state index contributed by atoms with van der Waals surface area (Å²) in [6, 6.07) is 6.02. The van der Waals surface area contributed by atoms with Gasteiger partial charge in [-0.1, -0.05) is 25.8 Å². The van der Waals surface area contributed by atoms with Crippen LogP contribution in [-0.2, 0) is 11.2 Å². The van der Waals surface area contributed by atoms with Gasteiger partial charge in [0.25, 0.3) is 0 Å². The van der Waals surface area contributed by atoms with Crippen LogP contribution in [0, 0.1) is 0 Å². The van der Waals surface area contributed by atoms with Crippen LogP contribution in [0.3, 0.4) is 0 Å². The molecule has 0 atom stereocenters. The van der Waals surface area contributed by atoms with Gasteiger partial charge in [-0.2, -0.15) is 0 Å². The van der Waals surface area contributed by atoms with E-state index in [0.717, 1.165) is 30.9 Å². The summed E-state index contributed by atoms with van der Waals surface area (Å²) in [5, 5.41) is 0. The zero-order chi connectivity index (χ0) is 12.6. The third kappa shape index (κ3) is 3.69. The van der Waals surface area contributed by atoms with Gasteiger partial charge in [0.05, 0.1) is 12.9 Å². The average molecular weight is 248 g/mol. The van der Waals surface area contributed by atoms with E-state index in [1.807, 2.05) is 18.2 Å². The molecule has 1 aromatic rings. The van der Waals surface area contributed by atoms with E-state index in [9.17, 15) is 0 Å². The highest BCUT2D eigenvalue weighted by molar-refractivity contribution is 5.44. The largest absolute Gasteiger partial charge is 0.502 e. The number of ether oxygens (including phenoxy) is 3. The van der Waals surface area contributed by atoms with Crippen LogP contribution in [0.2, 0.25) is 0 Å². The molecule has 1 aromatic carbocycles. The minimum Gasteiger partial charge on any atom is -0.502 e. The molecule has 0 N–H and O–H groups in total. The average Bonchev–Trinajstić information content (AvgIpc) is 2.85. The molecule has 0 unspecified atom stereocenters. The molecule has 98 valence electrons. The van der Waals surface area contributed by atoms with Gasteiger partial charge in [-0.3, -0.25) is 0 Å². The Labute approximate surface area is 108 Å². The molecule has 0 saturated carbocycles. The van der Waals surface area contributed by atoms with Crippen molar-refractivity contribution in [1.29, 1.82) is 0 Å². The summed E-state index contributed by atoms with van der Waals surface area (Å²) in [6.07, 6.45) is 8.26. The van der Waals surface area contributed by atoms with E-state index in [0.29, 0.717) is 6.79 Å². The summed E-state index contributed by atoms with van der Waals surface area (Å²) in [4.78, 5) is 0. The predicted octanol–water partition coefficient (Wildman–Crippen LogP) is 3.68. The highest BCUT2D eigenvalue weighted by Crippen LogP contribution is 2.32.